The summed E-state index contributed by atoms with van der Waals surface area (Å²) in [6, 6.07) is 8.56. The molecule has 5 heteroatoms. The first-order valence-corrected chi connectivity index (χ1v) is 8.33. The fraction of sp³-hybridized carbons (Fsp3) is 0.611. The minimum Gasteiger partial charge on any atom is -0.480 e. The monoisotopic (exact) mass is 320 g/mol. The number of likely N-dealkylation sites (N-methyl/N-ethyl adjacent to an activating group) is 1. The van der Waals surface area contributed by atoms with E-state index in [1.54, 1.807) is 0 Å². The summed E-state index contributed by atoms with van der Waals surface area (Å²) in [6.45, 7) is 6.55. The molecule has 1 saturated heterocycles. The third kappa shape index (κ3) is 6.29. The van der Waals surface area contributed by atoms with Gasteiger partial charge in [-0.2, -0.15) is 0 Å². The number of carbonyl (C=O) groups is 1. The molecule has 1 fully saturated rings. The van der Waals surface area contributed by atoms with Crippen molar-refractivity contribution in [2.75, 3.05) is 46.4 Å². The maximum atomic E-state index is 10.7. The van der Waals surface area contributed by atoms with Crippen LogP contribution in [0.15, 0.2) is 24.3 Å². The van der Waals surface area contributed by atoms with Gasteiger partial charge >= 0.3 is 5.97 Å². The van der Waals surface area contributed by atoms with E-state index in [1.165, 1.54) is 11.1 Å². The summed E-state index contributed by atoms with van der Waals surface area (Å²) in [5.41, 5.74) is 2.79. The lowest BCUT2D eigenvalue weighted by molar-refractivity contribution is -0.138. The highest BCUT2D eigenvalue weighted by Crippen LogP contribution is 2.12. The van der Waals surface area contributed by atoms with E-state index in [0.717, 1.165) is 39.1 Å². The van der Waals surface area contributed by atoms with Crippen molar-refractivity contribution in [1.29, 1.82) is 0 Å². The van der Waals surface area contributed by atoms with Crippen molar-refractivity contribution in [2.45, 2.75) is 25.9 Å². The van der Waals surface area contributed by atoms with Gasteiger partial charge in [0.25, 0.3) is 0 Å². The van der Waals surface area contributed by atoms with Crippen molar-refractivity contribution < 1.29 is 14.6 Å². The molecule has 1 aliphatic rings. The molecule has 1 atom stereocenters. The van der Waals surface area contributed by atoms with E-state index in [2.05, 4.69) is 36.1 Å². The molecule has 0 spiro atoms. The highest BCUT2D eigenvalue weighted by molar-refractivity contribution is 5.69. The molecule has 1 unspecified atom stereocenters. The minimum absolute atomic E-state index is 0.0626. The number of nitrogens with zero attached hydrogens (tertiary/aromatic N) is 2. The van der Waals surface area contributed by atoms with E-state index in [0.29, 0.717) is 6.54 Å². The highest BCUT2D eigenvalue weighted by atomic mass is 16.5. The van der Waals surface area contributed by atoms with Gasteiger partial charge in [0.15, 0.2) is 0 Å². The zero-order chi connectivity index (χ0) is 16.7. The van der Waals surface area contributed by atoms with E-state index in [-0.39, 0.29) is 12.6 Å². The zero-order valence-corrected chi connectivity index (χ0v) is 14.2. The Kier molecular flexibility index (Phi) is 7.02. The van der Waals surface area contributed by atoms with Crippen LogP contribution in [-0.2, 0) is 16.0 Å². The van der Waals surface area contributed by atoms with Crippen LogP contribution in [0.5, 0.6) is 0 Å². The largest absolute Gasteiger partial charge is 0.480 e. The lowest BCUT2D eigenvalue weighted by Gasteiger charge is -2.34. The lowest BCUT2D eigenvalue weighted by atomic mass is 10.0. The van der Waals surface area contributed by atoms with E-state index in [1.807, 2.05) is 11.9 Å². The lowest BCUT2D eigenvalue weighted by Crippen LogP contribution is -2.47. The summed E-state index contributed by atoms with van der Waals surface area (Å²) in [6.07, 6.45) is 2.35. The molecule has 1 aliphatic heterocycles. The van der Waals surface area contributed by atoms with Crippen molar-refractivity contribution in [3.05, 3.63) is 35.4 Å². The van der Waals surface area contributed by atoms with Crippen molar-refractivity contribution in [3.8, 4) is 0 Å². The number of hydrogen-bond acceptors (Lipinski definition) is 4. The number of aryl methyl sites for hydroxylation is 2. The molecule has 0 bridgehead atoms. The van der Waals surface area contributed by atoms with Gasteiger partial charge in [-0.1, -0.05) is 24.3 Å². The molecule has 128 valence electrons. The molecule has 2 rings (SSSR count). The molecule has 0 aliphatic carbocycles. The maximum Gasteiger partial charge on any atom is 0.317 e. The van der Waals surface area contributed by atoms with E-state index >= 15 is 0 Å². The Morgan fingerprint density at radius 3 is 2.96 bits per heavy atom. The van der Waals surface area contributed by atoms with Crippen LogP contribution in [0.3, 0.4) is 0 Å². The average Bonchev–Trinajstić information content (AvgIpc) is 2.49. The molecule has 1 heterocycles. The normalized spacial score (nSPS) is 19.2. The predicted molar refractivity (Wildman–Crippen MR) is 90.8 cm³/mol. The van der Waals surface area contributed by atoms with Crippen LogP contribution in [0.4, 0.5) is 0 Å². The van der Waals surface area contributed by atoms with Gasteiger partial charge in [0.1, 0.15) is 0 Å². The van der Waals surface area contributed by atoms with Gasteiger partial charge in [0.2, 0.25) is 0 Å². The summed E-state index contributed by atoms with van der Waals surface area (Å²) in [5, 5.41) is 8.82. The summed E-state index contributed by atoms with van der Waals surface area (Å²) >= 11 is 0. The number of morpholine rings is 1. The van der Waals surface area contributed by atoms with Gasteiger partial charge < -0.3 is 9.84 Å². The van der Waals surface area contributed by atoms with Crippen LogP contribution < -0.4 is 0 Å². The first-order chi connectivity index (χ1) is 11.0. The number of carboxylic acid groups (broad SMARTS) is 1. The summed E-state index contributed by atoms with van der Waals surface area (Å²) in [5.74, 6) is -0.793. The van der Waals surface area contributed by atoms with Crippen LogP contribution in [-0.4, -0.2) is 73.4 Å². The van der Waals surface area contributed by atoms with E-state index in [9.17, 15) is 4.79 Å². The standard InChI is InChI=1S/C18H28N2O3/c1-15-6-3-4-7-16(15)8-5-9-20-10-11-23-17(13-20)12-19(2)14-18(21)22/h3-4,6-7,17H,5,8-14H2,1-2H3,(H,21,22). The van der Waals surface area contributed by atoms with Crippen molar-refractivity contribution in [1.82, 2.24) is 9.80 Å². The molecule has 0 aromatic heterocycles. The van der Waals surface area contributed by atoms with Crippen molar-refractivity contribution >= 4 is 5.97 Å². The van der Waals surface area contributed by atoms with Crippen molar-refractivity contribution in [2.24, 2.45) is 0 Å². The number of rotatable bonds is 8. The van der Waals surface area contributed by atoms with E-state index in [4.69, 9.17) is 9.84 Å². The first-order valence-electron chi connectivity index (χ1n) is 8.33. The SMILES string of the molecule is Cc1ccccc1CCCN1CCOC(CN(C)CC(=O)O)C1. The van der Waals surface area contributed by atoms with Crippen molar-refractivity contribution in [3.63, 3.8) is 0 Å². The second-order valence-electron chi connectivity index (χ2n) is 6.41. The fourth-order valence-electron chi connectivity index (χ4n) is 3.12. The van der Waals surface area contributed by atoms with Gasteiger partial charge in [-0.3, -0.25) is 14.6 Å². The van der Waals surface area contributed by atoms with Gasteiger partial charge in [-0.25, -0.2) is 0 Å². The Hall–Kier alpha value is -1.43. The first kappa shape index (κ1) is 17.9. The second-order valence-corrected chi connectivity index (χ2v) is 6.41. The zero-order valence-electron chi connectivity index (χ0n) is 14.2. The highest BCUT2D eigenvalue weighted by Gasteiger charge is 2.22. The summed E-state index contributed by atoms with van der Waals surface area (Å²) < 4.78 is 5.77. The number of hydrogen-bond donors (Lipinski definition) is 1. The van der Waals surface area contributed by atoms with E-state index < -0.39 is 5.97 Å². The smallest absolute Gasteiger partial charge is 0.317 e. The predicted octanol–water partition coefficient (Wildman–Crippen LogP) is 1.64. The summed E-state index contributed by atoms with van der Waals surface area (Å²) in [7, 11) is 1.83. The molecule has 0 radical (unpaired) electrons. The van der Waals surface area contributed by atoms with Gasteiger partial charge in [0, 0.05) is 19.6 Å². The van der Waals surface area contributed by atoms with Gasteiger partial charge in [-0.05, 0) is 44.5 Å². The van der Waals surface area contributed by atoms with Crippen LogP contribution in [0.2, 0.25) is 0 Å². The van der Waals surface area contributed by atoms with Gasteiger partial charge in [0.05, 0.1) is 19.3 Å². The Bertz CT molecular complexity index is 507. The quantitative estimate of drug-likeness (QED) is 0.789. The molecular formula is C18H28N2O3. The van der Waals surface area contributed by atoms with Crippen LogP contribution in [0, 0.1) is 6.92 Å². The Balaban J connectivity index is 1.71. The number of aliphatic carboxylic acids is 1. The Morgan fingerprint density at radius 2 is 2.22 bits per heavy atom. The Morgan fingerprint density at radius 1 is 1.43 bits per heavy atom. The van der Waals surface area contributed by atoms with Crippen LogP contribution in [0.25, 0.3) is 0 Å². The molecule has 1 aromatic rings. The fourth-order valence-corrected chi connectivity index (χ4v) is 3.12. The molecule has 0 amide bonds. The third-order valence-corrected chi connectivity index (χ3v) is 4.33. The minimum atomic E-state index is -0.793. The molecular weight excluding hydrogens is 292 g/mol. The second kappa shape index (κ2) is 9.01. The molecule has 23 heavy (non-hydrogen) atoms. The third-order valence-electron chi connectivity index (χ3n) is 4.33. The number of ether oxygens (including phenoxy) is 1. The molecule has 0 saturated carbocycles. The summed E-state index contributed by atoms with van der Waals surface area (Å²) in [4.78, 5) is 15.0. The maximum absolute atomic E-state index is 10.7. The van der Waals surface area contributed by atoms with Gasteiger partial charge in [-0.15, -0.1) is 0 Å². The molecule has 5 nitrogen and oxygen atoms in total. The Labute approximate surface area is 138 Å². The van der Waals surface area contributed by atoms with Crippen LogP contribution >= 0.6 is 0 Å². The molecule has 1 N–H and O–H groups in total. The van der Waals surface area contributed by atoms with Crippen LogP contribution in [0.1, 0.15) is 17.5 Å². The number of carboxylic acids is 1. The topological polar surface area (TPSA) is 53.0 Å². The molecule has 1 aromatic carbocycles. The number of benzene rings is 1. The average molecular weight is 320 g/mol.